The lowest BCUT2D eigenvalue weighted by Crippen LogP contribution is -2.12. The largest absolute Gasteiger partial charge is 0.412 e. The van der Waals surface area contributed by atoms with Gasteiger partial charge in [0.1, 0.15) is 0 Å². The van der Waals surface area contributed by atoms with Crippen molar-refractivity contribution in [2.24, 2.45) is 0 Å². The number of benzene rings is 2. The zero-order valence-electron chi connectivity index (χ0n) is 12.8. The summed E-state index contributed by atoms with van der Waals surface area (Å²) in [5.41, 5.74) is 1.93. The van der Waals surface area contributed by atoms with Crippen LogP contribution in [-0.2, 0) is 4.79 Å². The van der Waals surface area contributed by atoms with Crippen LogP contribution in [0.2, 0.25) is 0 Å². The quantitative estimate of drug-likeness (QED) is 0.769. The van der Waals surface area contributed by atoms with Gasteiger partial charge in [-0.05, 0) is 36.4 Å². The van der Waals surface area contributed by atoms with E-state index in [0.717, 1.165) is 5.56 Å². The first-order chi connectivity index (χ1) is 11.6. The van der Waals surface area contributed by atoms with Crippen LogP contribution in [0.4, 0.5) is 11.4 Å². The molecule has 7 nitrogen and oxygen atoms in total. The van der Waals surface area contributed by atoms with E-state index in [-0.39, 0.29) is 17.7 Å². The highest BCUT2D eigenvalue weighted by molar-refractivity contribution is 6.01. The first kappa shape index (κ1) is 15.4. The fraction of sp³-hybridized carbons (Fsp3) is 0.0588. The molecular formula is C17H14N4O3. The van der Waals surface area contributed by atoms with Gasteiger partial charge in [0.2, 0.25) is 11.8 Å². The summed E-state index contributed by atoms with van der Waals surface area (Å²) in [7, 11) is 0. The Bertz CT molecular complexity index is 857. The van der Waals surface area contributed by atoms with Gasteiger partial charge < -0.3 is 15.1 Å². The molecule has 0 bridgehead atoms. The van der Waals surface area contributed by atoms with Crippen LogP contribution < -0.4 is 10.6 Å². The van der Waals surface area contributed by atoms with Gasteiger partial charge in [0.25, 0.3) is 0 Å². The van der Waals surface area contributed by atoms with Gasteiger partial charge in [0.15, 0.2) is 0 Å². The number of hydrogen-bond donors (Lipinski definition) is 2. The van der Waals surface area contributed by atoms with Crippen LogP contribution in [0.5, 0.6) is 0 Å². The van der Waals surface area contributed by atoms with E-state index in [9.17, 15) is 9.59 Å². The first-order valence-electron chi connectivity index (χ1n) is 7.20. The average Bonchev–Trinajstić information content (AvgIpc) is 3.07. The second kappa shape index (κ2) is 6.74. The molecule has 0 aliphatic rings. The van der Waals surface area contributed by atoms with Crippen LogP contribution in [-0.4, -0.2) is 22.0 Å². The summed E-state index contributed by atoms with van der Waals surface area (Å²) in [5.74, 6) is -0.510. The molecule has 0 radical (unpaired) electrons. The maximum absolute atomic E-state index is 12.1. The Hall–Kier alpha value is -3.48. The maximum atomic E-state index is 12.1. The van der Waals surface area contributed by atoms with Crippen LogP contribution in [0.1, 0.15) is 17.6 Å². The van der Waals surface area contributed by atoms with Crippen molar-refractivity contribution >= 4 is 23.2 Å². The maximum Gasteiger partial charge on any atom is 0.313 e. The highest BCUT2D eigenvalue weighted by Gasteiger charge is 2.16. The Balaban J connectivity index is 1.69. The Labute approximate surface area is 137 Å². The Morgan fingerprint density at radius 2 is 1.50 bits per heavy atom. The number of hydrogen-bond acceptors (Lipinski definition) is 5. The van der Waals surface area contributed by atoms with Crippen molar-refractivity contribution in [1.82, 2.24) is 10.2 Å². The first-order valence-corrected chi connectivity index (χ1v) is 7.20. The van der Waals surface area contributed by atoms with Gasteiger partial charge in [0.05, 0.1) is 0 Å². The molecule has 0 fully saturated rings. The third kappa shape index (κ3) is 3.64. The lowest BCUT2D eigenvalue weighted by molar-refractivity contribution is -0.114. The molecule has 0 unspecified atom stereocenters. The highest BCUT2D eigenvalue weighted by Crippen LogP contribution is 2.18. The Morgan fingerprint density at radius 1 is 0.875 bits per heavy atom. The number of aromatic nitrogens is 2. The summed E-state index contributed by atoms with van der Waals surface area (Å²) < 4.78 is 5.39. The van der Waals surface area contributed by atoms with Gasteiger partial charge in [-0.25, -0.2) is 0 Å². The van der Waals surface area contributed by atoms with Gasteiger partial charge in [-0.2, -0.15) is 0 Å². The molecule has 3 rings (SSSR count). The second-order valence-electron chi connectivity index (χ2n) is 4.99. The van der Waals surface area contributed by atoms with Gasteiger partial charge >= 0.3 is 11.8 Å². The molecule has 2 aromatic carbocycles. The number of carbonyl (C=O) groups excluding carboxylic acids is 2. The molecule has 0 aliphatic carbocycles. The van der Waals surface area contributed by atoms with E-state index in [4.69, 9.17) is 4.42 Å². The smallest absolute Gasteiger partial charge is 0.313 e. The second-order valence-corrected chi connectivity index (χ2v) is 4.99. The fourth-order valence-electron chi connectivity index (χ4n) is 2.04. The van der Waals surface area contributed by atoms with Crippen LogP contribution in [0.15, 0.2) is 59.0 Å². The predicted molar refractivity (Wildman–Crippen MR) is 88.4 cm³/mol. The van der Waals surface area contributed by atoms with Crippen molar-refractivity contribution in [3.8, 4) is 11.5 Å². The minimum absolute atomic E-state index is 0.125. The molecule has 1 heterocycles. The highest BCUT2D eigenvalue weighted by atomic mass is 16.4. The van der Waals surface area contributed by atoms with Crippen LogP contribution in [0.25, 0.3) is 11.5 Å². The number of rotatable bonds is 4. The summed E-state index contributed by atoms with van der Waals surface area (Å²) in [6.07, 6.45) is 0. The van der Waals surface area contributed by atoms with E-state index in [0.29, 0.717) is 11.4 Å². The molecule has 3 aromatic rings. The van der Waals surface area contributed by atoms with Crippen LogP contribution in [0, 0.1) is 0 Å². The zero-order valence-corrected chi connectivity index (χ0v) is 12.8. The molecule has 0 aliphatic heterocycles. The molecule has 0 atom stereocenters. The van der Waals surface area contributed by atoms with E-state index in [1.165, 1.54) is 6.92 Å². The van der Waals surface area contributed by atoms with Gasteiger partial charge in [-0.15, -0.1) is 10.2 Å². The normalized spacial score (nSPS) is 10.2. The van der Waals surface area contributed by atoms with Crippen molar-refractivity contribution in [2.75, 3.05) is 10.6 Å². The minimum Gasteiger partial charge on any atom is -0.412 e. The van der Waals surface area contributed by atoms with Crippen LogP contribution in [0.3, 0.4) is 0 Å². The molecule has 2 N–H and O–H groups in total. The number of nitrogens with one attached hydrogen (secondary N) is 2. The zero-order chi connectivity index (χ0) is 16.9. The molecule has 0 saturated carbocycles. The summed E-state index contributed by atoms with van der Waals surface area (Å²) in [6, 6.07) is 15.9. The van der Waals surface area contributed by atoms with Crippen molar-refractivity contribution in [1.29, 1.82) is 0 Å². The molecule has 120 valence electrons. The predicted octanol–water partition coefficient (Wildman–Crippen LogP) is 2.95. The lowest BCUT2D eigenvalue weighted by atomic mass is 10.2. The van der Waals surface area contributed by atoms with Gasteiger partial charge in [-0.3, -0.25) is 9.59 Å². The third-order valence-corrected chi connectivity index (χ3v) is 3.10. The fourth-order valence-corrected chi connectivity index (χ4v) is 2.04. The molecule has 2 amide bonds. The van der Waals surface area contributed by atoms with E-state index in [1.54, 1.807) is 24.3 Å². The molecule has 1 aromatic heterocycles. The standard InChI is InChI=1S/C17H14N4O3/c1-11(22)18-13-7-9-14(10-8-13)19-15(23)17-21-20-16(24-17)12-5-3-2-4-6-12/h2-10H,1H3,(H,18,22)(H,19,23). The molecule has 24 heavy (non-hydrogen) atoms. The summed E-state index contributed by atoms with van der Waals surface area (Å²) in [4.78, 5) is 23.1. The number of amides is 2. The van der Waals surface area contributed by atoms with Gasteiger partial charge in [-0.1, -0.05) is 18.2 Å². The molecule has 0 spiro atoms. The topological polar surface area (TPSA) is 97.1 Å². The van der Waals surface area contributed by atoms with E-state index < -0.39 is 5.91 Å². The van der Waals surface area contributed by atoms with E-state index in [1.807, 2.05) is 30.3 Å². The number of carbonyl (C=O) groups is 2. The summed E-state index contributed by atoms with van der Waals surface area (Å²) >= 11 is 0. The van der Waals surface area contributed by atoms with Crippen molar-refractivity contribution < 1.29 is 14.0 Å². The minimum atomic E-state index is -0.503. The SMILES string of the molecule is CC(=O)Nc1ccc(NC(=O)c2nnc(-c3ccccc3)o2)cc1. The average molecular weight is 322 g/mol. The van der Waals surface area contributed by atoms with Crippen molar-refractivity contribution in [2.45, 2.75) is 6.92 Å². The molecular weight excluding hydrogens is 308 g/mol. The summed E-state index contributed by atoms with van der Waals surface area (Å²) in [6.45, 7) is 1.43. The third-order valence-electron chi connectivity index (χ3n) is 3.10. The molecule has 7 heteroatoms. The number of nitrogens with zero attached hydrogens (tertiary/aromatic N) is 2. The number of anilines is 2. The summed E-state index contributed by atoms with van der Waals surface area (Å²) in [5, 5.41) is 12.9. The van der Waals surface area contributed by atoms with Crippen molar-refractivity contribution in [3.05, 3.63) is 60.5 Å². The lowest BCUT2D eigenvalue weighted by Gasteiger charge is -2.05. The monoisotopic (exact) mass is 322 g/mol. The van der Waals surface area contributed by atoms with E-state index in [2.05, 4.69) is 20.8 Å². The van der Waals surface area contributed by atoms with Gasteiger partial charge in [0, 0.05) is 23.9 Å². The van der Waals surface area contributed by atoms with Crippen molar-refractivity contribution in [3.63, 3.8) is 0 Å². The Morgan fingerprint density at radius 3 is 2.12 bits per heavy atom. The van der Waals surface area contributed by atoms with E-state index >= 15 is 0 Å². The Kier molecular flexibility index (Phi) is 4.33. The van der Waals surface area contributed by atoms with Crippen LogP contribution >= 0.6 is 0 Å². The molecule has 0 saturated heterocycles.